The van der Waals surface area contributed by atoms with E-state index in [2.05, 4.69) is 6.58 Å². The van der Waals surface area contributed by atoms with Gasteiger partial charge < -0.3 is 9.90 Å². The molecule has 3 heteroatoms. The number of carbonyl (C=O) groups excluding carboxylic acids is 1. The maximum absolute atomic E-state index is 9.42. The average Bonchev–Trinajstić information content (AvgIpc) is 1.35. The molecule has 0 aliphatic carbocycles. The first-order valence-electron chi connectivity index (χ1n) is 1.58. The van der Waals surface area contributed by atoms with Gasteiger partial charge in [0.25, 0.3) is 0 Å². The summed E-state index contributed by atoms with van der Waals surface area (Å²) in [5.41, 5.74) is 0. The number of carboxylic acid groups (broad SMARTS) is 1. The van der Waals surface area contributed by atoms with Crippen LogP contribution in [0.5, 0.6) is 0 Å². The van der Waals surface area contributed by atoms with E-state index >= 15 is 0 Å². The van der Waals surface area contributed by atoms with Crippen LogP contribution in [0.25, 0.3) is 0 Å². The van der Waals surface area contributed by atoms with E-state index in [0.29, 0.717) is 0 Å². The Morgan fingerprint density at radius 2 is 2.29 bits per heavy atom. The minimum absolute atomic E-state index is 0. The van der Waals surface area contributed by atoms with Crippen molar-refractivity contribution in [3.05, 3.63) is 12.7 Å². The van der Waals surface area contributed by atoms with Gasteiger partial charge in [-0.1, -0.05) is 6.08 Å². The second-order valence-corrected chi connectivity index (χ2v) is 0.865. The van der Waals surface area contributed by atoms with Gasteiger partial charge in [0.2, 0.25) is 0 Å². The van der Waals surface area contributed by atoms with Crippen molar-refractivity contribution in [3.63, 3.8) is 0 Å². The van der Waals surface area contributed by atoms with Crippen LogP contribution < -0.4 is 5.11 Å². The number of hydrogen-bond acceptors (Lipinski definition) is 2. The van der Waals surface area contributed by atoms with E-state index in [-0.39, 0.29) is 28.8 Å². The first-order valence-corrected chi connectivity index (χ1v) is 1.58. The molecule has 0 aromatic rings. The largest absolute Gasteiger partial charge is 1.00 e. The summed E-state index contributed by atoms with van der Waals surface area (Å²) in [5, 5.41) is 9.42. The van der Waals surface area contributed by atoms with E-state index in [4.69, 9.17) is 0 Å². The van der Waals surface area contributed by atoms with Gasteiger partial charge in [-0.2, -0.15) is 0 Å². The van der Waals surface area contributed by atoms with Crippen LogP contribution in [-0.2, 0) is 27.2 Å². The fourth-order valence-electron chi connectivity index (χ4n) is 0.118. The predicted molar refractivity (Wildman–Crippen MR) is 19.8 cm³/mol. The molecule has 0 aliphatic rings. The second kappa shape index (κ2) is 5.95. The molecule has 0 spiro atoms. The SMILES string of the molecule is C=CCC(=O)[O-].[Ag+]. The van der Waals surface area contributed by atoms with Crippen LogP contribution in [0.15, 0.2) is 12.7 Å². The summed E-state index contributed by atoms with van der Waals surface area (Å²) in [6, 6.07) is 0. The van der Waals surface area contributed by atoms with Crippen molar-refractivity contribution in [3.8, 4) is 0 Å². The van der Waals surface area contributed by atoms with E-state index in [1.165, 1.54) is 6.08 Å². The Morgan fingerprint density at radius 1 is 1.86 bits per heavy atom. The Hall–Kier alpha value is -0.0497. The first-order chi connectivity index (χ1) is 2.77. The van der Waals surface area contributed by atoms with Gasteiger partial charge in [0, 0.05) is 12.4 Å². The Bertz CT molecular complexity index is 70.1. The maximum atomic E-state index is 9.42. The third-order valence-electron chi connectivity index (χ3n) is 0.311. The van der Waals surface area contributed by atoms with Crippen molar-refractivity contribution in [1.82, 2.24) is 0 Å². The van der Waals surface area contributed by atoms with E-state index in [1.807, 2.05) is 0 Å². The van der Waals surface area contributed by atoms with Crippen molar-refractivity contribution in [2.45, 2.75) is 6.42 Å². The Kier molecular flexibility index (Phi) is 8.54. The summed E-state index contributed by atoms with van der Waals surface area (Å²) in [6.45, 7) is 3.18. The van der Waals surface area contributed by atoms with Gasteiger partial charge in [-0.05, 0) is 0 Å². The summed E-state index contributed by atoms with van der Waals surface area (Å²) in [4.78, 5) is 9.42. The van der Waals surface area contributed by atoms with Crippen LogP contribution in [0, 0.1) is 0 Å². The van der Waals surface area contributed by atoms with Crippen LogP contribution >= 0.6 is 0 Å². The van der Waals surface area contributed by atoms with Crippen molar-refractivity contribution in [2.75, 3.05) is 0 Å². The number of carboxylic acids is 1. The molecule has 0 heterocycles. The minimum atomic E-state index is -1.08. The smallest absolute Gasteiger partial charge is 0.550 e. The molecule has 0 amide bonds. The molecule has 0 aromatic heterocycles. The van der Waals surface area contributed by atoms with Crippen LogP contribution in [0.2, 0.25) is 0 Å². The monoisotopic (exact) mass is 192 g/mol. The third kappa shape index (κ3) is 10.7. The Balaban J connectivity index is 0. The number of rotatable bonds is 2. The second-order valence-electron chi connectivity index (χ2n) is 0.865. The molecule has 0 rings (SSSR count). The van der Waals surface area contributed by atoms with Gasteiger partial charge >= 0.3 is 22.4 Å². The molecule has 0 radical (unpaired) electrons. The molecule has 0 aromatic carbocycles. The normalized spacial score (nSPS) is 6.29. The molecule has 44 valence electrons. The molecule has 0 saturated carbocycles. The molecular weight excluding hydrogens is 188 g/mol. The predicted octanol–water partition coefficient (Wildman–Crippen LogP) is -0.690. The standard InChI is InChI=1S/C4H6O2.Ag/c1-2-3-4(5)6;/h2H,1,3H2,(H,5,6);/q;+1/p-1. The number of hydrogen-bond donors (Lipinski definition) is 0. The Labute approximate surface area is 57.7 Å². The fraction of sp³-hybridized carbons (Fsp3) is 0.250. The number of carbonyl (C=O) groups is 1. The van der Waals surface area contributed by atoms with Crippen LogP contribution in [0.4, 0.5) is 0 Å². The molecule has 0 aliphatic heterocycles. The molecule has 0 atom stereocenters. The van der Waals surface area contributed by atoms with Gasteiger partial charge in [-0.15, -0.1) is 6.58 Å². The number of aliphatic carboxylic acids is 1. The van der Waals surface area contributed by atoms with Crippen molar-refractivity contribution >= 4 is 5.97 Å². The molecule has 7 heavy (non-hydrogen) atoms. The zero-order valence-electron chi connectivity index (χ0n) is 3.61. The summed E-state index contributed by atoms with van der Waals surface area (Å²) in [5.74, 6) is -1.08. The van der Waals surface area contributed by atoms with Crippen LogP contribution in [0.1, 0.15) is 6.42 Å². The molecule has 0 N–H and O–H groups in total. The van der Waals surface area contributed by atoms with Gasteiger partial charge in [-0.25, -0.2) is 0 Å². The quantitative estimate of drug-likeness (QED) is 0.430. The molecule has 0 unspecified atom stereocenters. The zero-order chi connectivity index (χ0) is 4.99. The van der Waals surface area contributed by atoms with Crippen molar-refractivity contribution in [2.24, 2.45) is 0 Å². The van der Waals surface area contributed by atoms with Crippen LogP contribution in [-0.4, -0.2) is 5.97 Å². The third-order valence-corrected chi connectivity index (χ3v) is 0.311. The van der Waals surface area contributed by atoms with E-state index in [0.717, 1.165) is 0 Å². The van der Waals surface area contributed by atoms with Gasteiger partial charge in [0.15, 0.2) is 0 Å². The van der Waals surface area contributed by atoms with Gasteiger partial charge in [-0.3, -0.25) is 0 Å². The summed E-state index contributed by atoms with van der Waals surface area (Å²) in [7, 11) is 0. The topological polar surface area (TPSA) is 40.1 Å². The van der Waals surface area contributed by atoms with E-state index < -0.39 is 5.97 Å². The fourth-order valence-corrected chi connectivity index (χ4v) is 0.118. The molecule has 2 nitrogen and oxygen atoms in total. The van der Waals surface area contributed by atoms with E-state index in [9.17, 15) is 9.90 Å². The molecule has 0 bridgehead atoms. The summed E-state index contributed by atoms with van der Waals surface area (Å²) in [6.07, 6.45) is 1.23. The Morgan fingerprint density at radius 3 is 2.29 bits per heavy atom. The van der Waals surface area contributed by atoms with Gasteiger partial charge in [0.1, 0.15) is 0 Å². The average molecular weight is 193 g/mol. The zero-order valence-corrected chi connectivity index (χ0v) is 5.09. The molecule has 0 saturated heterocycles. The van der Waals surface area contributed by atoms with E-state index in [1.54, 1.807) is 0 Å². The van der Waals surface area contributed by atoms with Crippen LogP contribution in [0.3, 0.4) is 0 Å². The van der Waals surface area contributed by atoms with Crippen molar-refractivity contribution in [1.29, 1.82) is 0 Å². The van der Waals surface area contributed by atoms with Gasteiger partial charge in [0.05, 0.1) is 0 Å². The van der Waals surface area contributed by atoms with Crippen molar-refractivity contribution < 1.29 is 32.3 Å². The summed E-state index contributed by atoms with van der Waals surface area (Å²) >= 11 is 0. The molecule has 0 fully saturated rings. The summed E-state index contributed by atoms with van der Waals surface area (Å²) < 4.78 is 0. The first kappa shape index (κ1) is 10.0. The maximum Gasteiger partial charge on any atom is 1.00 e. The molecular formula is C4H5AgO2. The minimum Gasteiger partial charge on any atom is -0.550 e.